The fourth-order valence-electron chi connectivity index (χ4n) is 0.313. The maximum atomic E-state index is 10.5. The lowest BCUT2D eigenvalue weighted by atomic mass is 10.2. The van der Waals surface area contributed by atoms with E-state index in [0.717, 1.165) is 0 Å². The van der Waals surface area contributed by atoms with Gasteiger partial charge in [-0.25, -0.2) is 0 Å². The number of nitrogens with zero attached hydrogens (tertiary/aromatic N) is 1. The number of aliphatic imine (C=N–C) groups is 1. The molecule has 0 aromatic heterocycles. The molecule has 0 aromatic carbocycles. The van der Waals surface area contributed by atoms with Crippen LogP contribution in [0.2, 0.25) is 0 Å². The van der Waals surface area contributed by atoms with Crippen molar-refractivity contribution in [2.45, 2.75) is 13.8 Å². The van der Waals surface area contributed by atoms with E-state index in [4.69, 9.17) is 0 Å². The Morgan fingerprint density at radius 3 is 2.67 bits per heavy atom. The van der Waals surface area contributed by atoms with Crippen LogP contribution < -0.4 is 0 Å². The normalized spacial score (nSPS) is 10.0. The van der Waals surface area contributed by atoms with Crippen molar-refractivity contribution in [1.82, 2.24) is 0 Å². The average Bonchev–Trinajstić information content (AvgIpc) is 1.82. The fraction of sp³-hybridized carbons (Fsp3) is 0.429. The van der Waals surface area contributed by atoms with E-state index >= 15 is 0 Å². The predicted molar refractivity (Wildman–Crippen MR) is 38.9 cm³/mol. The summed E-state index contributed by atoms with van der Waals surface area (Å²) in [6, 6.07) is 0. The Morgan fingerprint density at radius 2 is 2.33 bits per heavy atom. The molecule has 0 spiro atoms. The highest BCUT2D eigenvalue weighted by atomic mass is 16.1. The standard InChI is InChI=1S/C7H11NO/c1-4-8-5-6(2)7(3)9/h4H,2,5H2,1,3H3. The second kappa shape index (κ2) is 4.01. The third-order valence-corrected chi connectivity index (χ3v) is 0.963. The van der Waals surface area contributed by atoms with E-state index in [2.05, 4.69) is 11.6 Å². The highest BCUT2D eigenvalue weighted by Crippen LogP contribution is 1.90. The summed E-state index contributed by atoms with van der Waals surface area (Å²) in [7, 11) is 0. The minimum Gasteiger partial charge on any atom is -0.295 e. The number of hydrogen-bond donors (Lipinski definition) is 0. The summed E-state index contributed by atoms with van der Waals surface area (Å²) in [6.07, 6.45) is 1.66. The summed E-state index contributed by atoms with van der Waals surface area (Å²) in [4.78, 5) is 14.3. The van der Waals surface area contributed by atoms with Gasteiger partial charge in [-0.05, 0) is 20.1 Å². The minimum atomic E-state index is 0.0144. The molecule has 0 aliphatic heterocycles. The summed E-state index contributed by atoms with van der Waals surface area (Å²) in [5.41, 5.74) is 0.563. The van der Waals surface area contributed by atoms with E-state index < -0.39 is 0 Å². The smallest absolute Gasteiger partial charge is 0.157 e. The molecule has 0 fully saturated rings. The van der Waals surface area contributed by atoms with Crippen LogP contribution >= 0.6 is 0 Å². The van der Waals surface area contributed by atoms with Crippen LogP contribution in [0.25, 0.3) is 0 Å². The van der Waals surface area contributed by atoms with Gasteiger partial charge in [-0.1, -0.05) is 6.58 Å². The van der Waals surface area contributed by atoms with Crippen molar-refractivity contribution in [3.63, 3.8) is 0 Å². The number of hydrogen-bond acceptors (Lipinski definition) is 2. The molecule has 0 rings (SSSR count). The molecule has 0 aromatic rings. The molecular formula is C7H11NO. The molecule has 2 nitrogen and oxygen atoms in total. The van der Waals surface area contributed by atoms with Crippen LogP contribution in [0.5, 0.6) is 0 Å². The molecular weight excluding hydrogens is 114 g/mol. The van der Waals surface area contributed by atoms with Gasteiger partial charge in [0.15, 0.2) is 5.78 Å². The maximum absolute atomic E-state index is 10.5. The monoisotopic (exact) mass is 125 g/mol. The SMILES string of the molecule is C=C(CN=CC)C(C)=O. The molecule has 0 bridgehead atoms. The van der Waals surface area contributed by atoms with Gasteiger partial charge in [-0.2, -0.15) is 0 Å². The molecule has 0 amide bonds. The van der Waals surface area contributed by atoms with Crippen molar-refractivity contribution in [1.29, 1.82) is 0 Å². The Labute approximate surface area is 55.3 Å². The first-order chi connectivity index (χ1) is 4.18. The molecule has 0 saturated heterocycles. The van der Waals surface area contributed by atoms with Crippen LogP contribution in [0.15, 0.2) is 17.1 Å². The predicted octanol–water partition coefficient (Wildman–Crippen LogP) is 1.22. The van der Waals surface area contributed by atoms with Crippen molar-refractivity contribution in [3.8, 4) is 0 Å². The molecule has 0 aliphatic carbocycles. The van der Waals surface area contributed by atoms with Crippen LogP contribution in [-0.2, 0) is 4.79 Å². The molecule has 50 valence electrons. The minimum absolute atomic E-state index is 0.0144. The average molecular weight is 125 g/mol. The van der Waals surface area contributed by atoms with E-state index in [0.29, 0.717) is 12.1 Å². The lowest BCUT2D eigenvalue weighted by molar-refractivity contribution is -0.113. The summed E-state index contributed by atoms with van der Waals surface area (Å²) in [6.45, 7) is 7.27. The zero-order valence-corrected chi connectivity index (χ0v) is 5.85. The third kappa shape index (κ3) is 3.64. The number of carbonyl (C=O) groups is 1. The zero-order chi connectivity index (χ0) is 7.28. The maximum Gasteiger partial charge on any atom is 0.157 e. The molecule has 0 heterocycles. The molecule has 0 radical (unpaired) electrons. The van der Waals surface area contributed by atoms with Crippen molar-refractivity contribution in [2.24, 2.45) is 4.99 Å². The zero-order valence-electron chi connectivity index (χ0n) is 5.85. The van der Waals surface area contributed by atoms with Gasteiger partial charge in [0, 0.05) is 5.57 Å². The van der Waals surface area contributed by atoms with Gasteiger partial charge in [-0.15, -0.1) is 0 Å². The van der Waals surface area contributed by atoms with Gasteiger partial charge in [-0.3, -0.25) is 9.79 Å². The second-order valence-corrected chi connectivity index (χ2v) is 1.76. The van der Waals surface area contributed by atoms with Crippen molar-refractivity contribution in [2.75, 3.05) is 6.54 Å². The quantitative estimate of drug-likeness (QED) is 0.412. The van der Waals surface area contributed by atoms with Gasteiger partial charge in [0.05, 0.1) is 6.54 Å². The van der Waals surface area contributed by atoms with Crippen LogP contribution in [-0.4, -0.2) is 18.5 Å². The molecule has 0 saturated carbocycles. The molecule has 9 heavy (non-hydrogen) atoms. The highest BCUT2D eigenvalue weighted by molar-refractivity contribution is 5.93. The number of Topliss-reactive ketones (excluding diaryl/α,β-unsaturated/α-hetero) is 1. The fourth-order valence-corrected chi connectivity index (χ4v) is 0.313. The van der Waals surface area contributed by atoms with E-state index in [-0.39, 0.29) is 5.78 Å². The summed E-state index contributed by atoms with van der Waals surface area (Å²) in [5, 5.41) is 0. The van der Waals surface area contributed by atoms with E-state index in [9.17, 15) is 4.79 Å². The Balaban J connectivity index is 3.65. The topological polar surface area (TPSA) is 29.4 Å². The van der Waals surface area contributed by atoms with Gasteiger partial charge in [0.1, 0.15) is 0 Å². The summed E-state index contributed by atoms with van der Waals surface area (Å²) < 4.78 is 0. The Hall–Kier alpha value is -0.920. The first-order valence-corrected chi connectivity index (χ1v) is 2.81. The highest BCUT2D eigenvalue weighted by Gasteiger charge is 1.95. The van der Waals surface area contributed by atoms with Crippen LogP contribution in [0.3, 0.4) is 0 Å². The van der Waals surface area contributed by atoms with Crippen molar-refractivity contribution >= 4 is 12.0 Å². The van der Waals surface area contributed by atoms with E-state index in [1.807, 2.05) is 6.92 Å². The van der Waals surface area contributed by atoms with Crippen LogP contribution in [0.1, 0.15) is 13.8 Å². The van der Waals surface area contributed by atoms with Gasteiger partial charge in [0.25, 0.3) is 0 Å². The van der Waals surface area contributed by atoms with Crippen LogP contribution in [0, 0.1) is 0 Å². The third-order valence-electron chi connectivity index (χ3n) is 0.963. The van der Waals surface area contributed by atoms with Crippen LogP contribution in [0.4, 0.5) is 0 Å². The number of rotatable bonds is 3. The molecule has 0 unspecified atom stereocenters. The summed E-state index contributed by atoms with van der Waals surface area (Å²) >= 11 is 0. The summed E-state index contributed by atoms with van der Waals surface area (Å²) in [5.74, 6) is 0.0144. The number of carbonyl (C=O) groups excluding carboxylic acids is 1. The Kier molecular flexibility index (Phi) is 3.60. The van der Waals surface area contributed by atoms with Gasteiger partial charge in [0.2, 0.25) is 0 Å². The second-order valence-electron chi connectivity index (χ2n) is 1.76. The first kappa shape index (κ1) is 8.08. The first-order valence-electron chi connectivity index (χ1n) is 2.81. The molecule has 0 atom stereocenters. The van der Waals surface area contributed by atoms with Crippen molar-refractivity contribution < 1.29 is 4.79 Å². The van der Waals surface area contributed by atoms with E-state index in [1.54, 1.807) is 6.21 Å². The number of ketones is 1. The molecule has 0 N–H and O–H groups in total. The Morgan fingerprint density at radius 1 is 1.78 bits per heavy atom. The Bertz CT molecular complexity index is 147. The lowest BCUT2D eigenvalue weighted by Crippen LogP contribution is -1.97. The van der Waals surface area contributed by atoms with Gasteiger partial charge >= 0.3 is 0 Å². The van der Waals surface area contributed by atoms with Gasteiger partial charge < -0.3 is 0 Å². The lowest BCUT2D eigenvalue weighted by Gasteiger charge is -1.91. The molecule has 0 aliphatic rings. The van der Waals surface area contributed by atoms with Crippen molar-refractivity contribution in [3.05, 3.63) is 12.2 Å². The van der Waals surface area contributed by atoms with E-state index in [1.165, 1.54) is 6.92 Å². The largest absolute Gasteiger partial charge is 0.295 e. The molecule has 2 heteroatoms.